The molecular weight excluding hydrogens is 809 g/mol. The van der Waals surface area contributed by atoms with Gasteiger partial charge < -0.3 is 4.90 Å². The van der Waals surface area contributed by atoms with Gasteiger partial charge in [0.15, 0.2) is 0 Å². The van der Waals surface area contributed by atoms with Gasteiger partial charge in [0, 0.05) is 16.8 Å². The number of nitriles is 1. The second kappa shape index (κ2) is 13.8. The third-order valence-electron chi connectivity index (χ3n) is 14.9. The first-order chi connectivity index (χ1) is 32.9. The van der Waals surface area contributed by atoms with Crippen LogP contribution < -0.4 is 4.90 Å². The van der Waals surface area contributed by atoms with Crippen LogP contribution in [0.1, 0.15) is 31.9 Å². The molecule has 0 saturated heterocycles. The standard InChI is InChI=1S/C65H42N2/c1-65(2,3)42-25-29-44(30-26-42)67(43-27-23-38(37-66)24-28-43)54-36-35-51-58-49(54)21-12-22-50(58)61-56(40-13-6-4-7-14-40)63-52-33-31-47-45-19-10-17-39-18-11-20-46(55(39)45)48-32-34-53(60(52)59(47)48)64(63)57(62(51)61)41-15-8-5-9-16-41/h4-36H,1-3H3. The third-order valence-corrected chi connectivity index (χ3v) is 14.9. The highest BCUT2D eigenvalue weighted by molar-refractivity contribution is 6.49. The molecule has 0 aliphatic heterocycles. The van der Waals surface area contributed by atoms with Gasteiger partial charge in [0.1, 0.15) is 0 Å². The number of fused-ring (bicyclic) bond motifs is 8. The summed E-state index contributed by atoms with van der Waals surface area (Å²) in [4.78, 5) is 2.37. The van der Waals surface area contributed by atoms with E-state index >= 15 is 0 Å². The molecule has 14 aromatic rings. The molecule has 0 amide bonds. The minimum absolute atomic E-state index is 0.0188. The van der Waals surface area contributed by atoms with E-state index in [1.54, 1.807) is 0 Å². The Labute approximate surface area is 388 Å². The van der Waals surface area contributed by atoms with Crippen LogP contribution in [0.5, 0.6) is 0 Å². The summed E-state index contributed by atoms with van der Waals surface area (Å²) >= 11 is 0. The highest BCUT2D eigenvalue weighted by Crippen LogP contribution is 2.58. The molecule has 2 nitrogen and oxygen atoms in total. The molecule has 0 radical (unpaired) electrons. The summed E-state index contributed by atoms with van der Waals surface area (Å²) in [6.07, 6.45) is 0. The quantitative estimate of drug-likeness (QED) is 0.127. The maximum atomic E-state index is 9.81. The van der Waals surface area contributed by atoms with E-state index in [0.29, 0.717) is 5.56 Å². The van der Waals surface area contributed by atoms with Crippen LogP contribution >= 0.6 is 0 Å². The monoisotopic (exact) mass is 850 g/mol. The Morgan fingerprint density at radius 1 is 0.343 bits per heavy atom. The molecule has 0 spiro atoms. The summed E-state index contributed by atoms with van der Waals surface area (Å²) in [7, 11) is 0. The molecule has 14 rings (SSSR count). The zero-order valence-corrected chi connectivity index (χ0v) is 37.4. The Balaban J connectivity index is 1.17. The Hall–Kier alpha value is -8.51. The molecule has 0 atom stereocenters. The molecule has 0 aliphatic carbocycles. The zero-order valence-electron chi connectivity index (χ0n) is 37.4. The van der Waals surface area contributed by atoms with Gasteiger partial charge in [0.25, 0.3) is 0 Å². The van der Waals surface area contributed by atoms with Crippen LogP contribution in [0.2, 0.25) is 0 Å². The van der Waals surface area contributed by atoms with E-state index in [4.69, 9.17) is 0 Å². The summed E-state index contributed by atoms with van der Waals surface area (Å²) in [6, 6.07) is 76.4. The Morgan fingerprint density at radius 3 is 1.30 bits per heavy atom. The first-order valence-electron chi connectivity index (χ1n) is 23.3. The predicted molar refractivity (Wildman–Crippen MR) is 287 cm³/mol. The van der Waals surface area contributed by atoms with Crippen LogP contribution in [0.3, 0.4) is 0 Å². The van der Waals surface area contributed by atoms with Gasteiger partial charge in [-0.1, -0.05) is 178 Å². The lowest BCUT2D eigenvalue weighted by Crippen LogP contribution is -2.13. The number of anilines is 3. The molecule has 0 N–H and O–H groups in total. The topological polar surface area (TPSA) is 27.0 Å². The summed E-state index contributed by atoms with van der Waals surface area (Å²) in [5.74, 6) is 0. The van der Waals surface area contributed by atoms with Crippen LogP contribution in [0, 0.1) is 11.3 Å². The van der Waals surface area contributed by atoms with E-state index in [0.717, 1.165) is 17.1 Å². The molecule has 14 aromatic carbocycles. The lowest BCUT2D eigenvalue weighted by Gasteiger charge is -2.28. The maximum Gasteiger partial charge on any atom is 0.0991 e. The van der Waals surface area contributed by atoms with Crippen LogP contribution in [0.4, 0.5) is 17.1 Å². The van der Waals surface area contributed by atoms with E-state index in [9.17, 15) is 5.26 Å². The van der Waals surface area contributed by atoms with E-state index in [2.05, 4.69) is 220 Å². The van der Waals surface area contributed by atoms with E-state index in [1.165, 1.54) is 125 Å². The number of rotatable bonds is 5. The zero-order chi connectivity index (χ0) is 44.7. The number of nitrogens with zero attached hydrogens (tertiary/aromatic N) is 2. The second-order valence-electron chi connectivity index (χ2n) is 19.4. The number of hydrogen-bond donors (Lipinski definition) is 0. The van der Waals surface area contributed by atoms with Crippen molar-refractivity contribution >= 4 is 114 Å². The van der Waals surface area contributed by atoms with Gasteiger partial charge in [-0.15, -0.1) is 0 Å². The van der Waals surface area contributed by atoms with Crippen LogP contribution in [-0.4, -0.2) is 0 Å². The van der Waals surface area contributed by atoms with E-state index in [1.807, 2.05) is 12.1 Å². The van der Waals surface area contributed by atoms with Crippen molar-refractivity contribution in [3.8, 4) is 28.3 Å². The highest BCUT2D eigenvalue weighted by Gasteiger charge is 2.30. The minimum Gasteiger partial charge on any atom is -0.310 e. The van der Waals surface area contributed by atoms with Gasteiger partial charge in [-0.2, -0.15) is 5.26 Å². The highest BCUT2D eigenvalue weighted by atomic mass is 15.1. The van der Waals surface area contributed by atoms with Crippen molar-refractivity contribution in [2.75, 3.05) is 4.90 Å². The van der Waals surface area contributed by atoms with E-state index in [-0.39, 0.29) is 5.41 Å². The first-order valence-corrected chi connectivity index (χ1v) is 23.3. The van der Waals surface area contributed by atoms with Crippen molar-refractivity contribution in [1.82, 2.24) is 0 Å². The molecular formula is C65H42N2. The van der Waals surface area contributed by atoms with Crippen molar-refractivity contribution < 1.29 is 0 Å². The van der Waals surface area contributed by atoms with Crippen molar-refractivity contribution in [1.29, 1.82) is 5.26 Å². The SMILES string of the molecule is CC(C)(C)c1ccc(N(c2ccc(C#N)cc2)c2ccc3c4c(-c5ccccc5)c5c6ccc7c8cccc9cccc(c%10ccc(c5c(-c5ccccc5)c4c4cccc2c43)c6c%107)c98)cc1. The molecule has 312 valence electrons. The normalized spacial score (nSPS) is 12.4. The number of hydrogen-bond acceptors (Lipinski definition) is 2. The minimum atomic E-state index is 0.0188. The average molecular weight is 851 g/mol. The first kappa shape index (κ1) is 37.8. The fourth-order valence-corrected chi connectivity index (χ4v) is 12.0. The van der Waals surface area contributed by atoms with Crippen molar-refractivity contribution in [3.63, 3.8) is 0 Å². The van der Waals surface area contributed by atoms with Crippen LogP contribution in [0.25, 0.3) is 119 Å². The summed E-state index contributed by atoms with van der Waals surface area (Å²) in [5.41, 5.74) is 10.1. The lowest BCUT2D eigenvalue weighted by molar-refractivity contribution is 0.590. The fraction of sp³-hybridized carbons (Fsp3) is 0.0615. The van der Waals surface area contributed by atoms with Gasteiger partial charge >= 0.3 is 0 Å². The van der Waals surface area contributed by atoms with Gasteiger partial charge in [-0.3, -0.25) is 0 Å². The summed E-state index contributed by atoms with van der Waals surface area (Å²) in [5, 5.41) is 33.1. The largest absolute Gasteiger partial charge is 0.310 e. The Kier molecular flexibility index (Phi) is 7.77. The van der Waals surface area contributed by atoms with Crippen molar-refractivity contribution in [3.05, 3.63) is 211 Å². The van der Waals surface area contributed by atoms with Gasteiger partial charge in [0.05, 0.1) is 17.3 Å². The van der Waals surface area contributed by atoms with Crippen LogP contribution in [-0.2, 0) is 5.41 Å². The average Bonchev–Trinajstić information content (AvgIpc) is 3.89. The molecule has 67 heavy (non-hydrogen) atoms. The molecule has 0 aromatic heterocycles. The smallest absolute Gasteiger partial charge is 0.0991 e. The maximum absolute atomic E-state index is 9.81. The number of benzene rings is 12. The predicted octanol–water partition coefficient (Wildman–Crippen LogP) is 18.4. The molecule has 0 heterocycles. The lowest BCUT2D eigenvalue weighted by atomic mass is 9.87. The summed E-state index contributed by atoms with van der Waals surface area (Å²) in [6.45, 7) is 6.78. The van der Waals surface area contributed by atoms with Crippen molar-refractivity contribution in [2.24, 2.45) is 0 Å². The van der Waals surface area contributed by atoms with Gasteiger partial charge in [0.2, 0.25) is 0 Å². The van der Waals surface area contributed by atoms with E-state index < -0.39 is 0 Å². The Morgan fingerprint density at radius 2 is 0.761 bits per heavy atom. The fourth-order valence-electron chi connectivity index (χ4n) is 12.0. The molecule has 0 saturated carbocycles. The van der Waals surface area contributed by atoms with Gasteiger partial charge in [-0.05, 0) is 167 Å². The molecule has 0 bridgehead atoms. The molecule has 0 aliphatic rings. The van der Waals surface area contributed by atoms with Gasteiger partial charge in [-0.25, -0.2) is 0 Å². The summed E-state index contributed by atoms with van der Waals surface area (Å²) < 4.78 is 0. The molecule has 0 unspecified atom stereocenters. The third kappa shape index (κ3) is 5.20. The Bertz CT molecular complexity index is 4150. The van der Waals surface area contributed by atoms with Crippen LogP contribution in [0.15, 0.2) is 200 Å². The molecule has 2 heteroatoms. The van der Waals surface area contributed by atoms with Crippen molar-refractivity contribution in [2.45, 2.75) is 26.2 Å². The molecule has 0 fully saturated rings. The second-order valence-corrected chi connectivity index (χ2v) is 19.4.